The number of nitrogens with zero attached hydrogens (tertiary/aromatic N) is 2. The summed E-state index contributed by atoms with van der Waals surface area (Å²) >= 11 is 3.28. The molecular weight excluding hydrogens is 422 g/mol. The van der Waals surface area contributed by atoms with E-state index in [0.29, 0.717) is 5.56 Å². The molecular formula is C17H20BrN3O4S. The predicted molar refractivity (Wildman–Crippen MR) is 99.7 cm³/mol. The number of nitrogens with one attached hydrogen (secondary N) is 1. The van der Waals surface area contributed by atoms with Gasteiger partial charge in [-0.25, -0.2) is 13.9 Å². The number of pyridine rings is 1. The van der Waals surface area contributed by atoms with Crippen LogP contribution >= 0.6 is 15.9 Å². The van der Waals surface area contributed by atoms with Gasteiger partial charge in [0.1, 0.15) is 6.04 Å². The van der Waals surface area contributed by atoms with Crippen LogP contribution in [0.25, 0.3) is 0 Å². The molecule has 1 aromatic carbocycles. The molecule has 0 saturated heterocycles. The third-order valence-corrected chi connectivity index (χ3v) is 6.17. The van der Waals surface area contributed by atoms with E-state index in [1.54, 1.807) is 56.0 Å². The van der Waals surface area contributed by atoms with Crippen molar-refractivity contribution in [3.63, 3.8) is 0 Å². The molecule has 140 valence electrons. The van der Waals surface area contributed by atoms with Crippen molar-refractivity contribution in [1.29, 1.82) is 0 Å². The van der Waals surface area contributed by atoms with Crippen LogP contribution in [0.3, 0.4) is 0 Å². The number of carbonyl (C=O) groups excluding carboxylic acids is 1. The molecule has 1 atom stereocenters. The van der Waals surface area contributed by atoms with Gasteiger partial charge < -0.3 is 0 Å². The van der Waals surface area contributed by atoms with Gasteiger partial charge in [-0.05, 0) is 41.8 Å². The largest absolute Gasteiger partial charge is 0.289 e. The van der Waals surface area contributed by atoms with E-state index in [4.69, 9.17) is 5.21 Å². The third-order valence-electron chi connectivity index (χ3n) is 3.80. The average Bonchev–Trinajstić information content (AvgIpc) is 2.62. The molecule has 0 bridgehead atoms. The van der Waals surface area contributed by atoms with Crippen LogP contribution < -0.4 is 5.48 Å². The van der Waals surface area contributed by atoms with Crippen molar-refractivity contribution in [3.05, 3.63) is 58.8 Å². The molecule has 2 N–H and O–H groups in total. The Kier molecular flexibility index (Phi) is 6.87. The van der Waals surface area contributed by atoms with E-state index in [1.165, 1.54) is 12.1 Å². The van der Waals surface area contributed by atoms with Crippen LogP contribution in [0.5, 0.6) is 0 Å². The zero-order valence-electron chi connectivity index (χ0n) is 14.3. The number of rotatable bonds is 7. The fourth-order valence-electron chi connectivity index (χ4n) is 2.58. The van der Waals surface area contributed by atoms with E-state index >= 15 is 0 Å². The number of amides is 1. The van der Waals surface area contributed by atoms with Crippen LogP contribution in [0.15, 0.2) is 58.2 Å². The van der Waals surface area contributed by atoms with E-state index in [9.17, 15) is 13.2 Å². The standard InChI is InChI=1S/C17H20BrN3O4S/c1-12(2)16(17(22)20-23)21(11-13-4-3-9-19-10-13)26(24,25)15-7-5-14(18)6-8-15/h3-10,12,16,23H,11H2,1-2H3,(H,20,22)/t16-/m1/s1. The molecule has 0 saturated carbocycles. The lowest BCUT2D eigenvalue weighted by Crippen LogP contribution is -2.51. The summed E-state index contributed by atoms with van der Waals surface area (Å²) in [6.45, 7) is 3.38. The monoisotopic (exact) mass is 441 g/mol. The number of halogens is 1. The van der Waals surface area contributed by atoms with Crippen molar-refractivity contribution >= 4 is 31.9 Å². The van der Waals surface area contributed by atoms with Crippen molar-refractivity contribution in [2.75, 3.05) is 0 Å². The molecule has 0 unspecified atom stereocenters. The highest BCUT2D eigenvalue weighted by Crippen LogP contribution is 2.25. The first-order chi connectivity index (χ1) is 12.3. The second-order valence-corrected chi connectivity index (χ2v) is 8.84. The lowest BCUT2D eigenvalue weighted by molar-refractivity contribution is -0.134. The molecule has 26 heavy (non-hydrogen) atoms. The summed E-state index contributed by atoms with van der Waals surface area (Å²) in [4.78, 5) is 16.3. The second-order valence-electron chi connectivity index (χ2n) is 6.03. The summed E-state index contributed by atoms with van der Waals surface area (Å²) in [5.41, 5.74) is 2.21. The molecule has 9 heteroatoms. The van der Waals surface area contributed by atoms with Crippen LogP contribution in [-0.4, -0.2) is 34.9 Å². The van der Waals surface area contributed by atoms with E-state index < -0.39 is 22.0 Å². The lowest BCUT2D eigenvalue weighted by Gasteiger charge is -2.31. The van der Waals surface area contributed by atoms with Crippen molar-refractivity contribution in [3.8, 4) is 0 Å². The average molecular weight is 442 g/mol. The maximum absolute atomic E-state index is 13.2. The van der Waals surface area contributed by atoms with Gasteiger partial charge in [0.25, 0.3) is 5.91 Å². The SMILES string of the molecule is CC(C)[C@H](C(=O)NO)N(Cc1cccnc1)S(=O)(=O)c1ccc(Br)cc1. The fraction of sp³-hybridized carbons (Fsp3) is 0.294. The molecule has 0 aliphatic heterocycles. The summed E-state index contributed by atoms with van der Waals surface area (Å²) < 4.78 is 28.3. The van der Waals surface area contributed by atoms with Gasteiger partial charge >= 0.3 is 0 Å². The molecule has 0 spiro atoms. The fourth-order valence-corrected chi connectivity index (χ4v) is 4.55. The molecule has 1 aromatic heterocycles. The van der Waals surface area contributed by atoms with Gasteiger partial charge in [0, 0.05) is 23.4 Å². The smallest absolute Gasteiger partial charge is 0.262 e. The zero-order chi connectivity index (χ0) is 19.3. The Balaban J connectivity index is 2.54. The lowest BCUT2D eigenvalue weighted by atomic mass is 10.0. The maximum Gasteiger partial charge on any atom is 0.262 e. The number of hydrogen-bond donors (Lipinski definition) is 2. The molecule has 1 heterocycles. The minimum atomic E-state index is -4.00. The first kappa shape index (κ1) is 20.5. The Hall–Kier alpha value is -1.81. The topological polar surface area (TPSA) is 99.6 Å². The van der Waals surface area contributed by atoms with Gasteiger partial charge in [0.15, 0.2) is 0 Å². The van der Waals surface area contributed by atoms with E-state index in [0.717, 1.165) is 8.78 Å². The number of sulfonamides is 1. The van der Waals surface area contributed by atoms with Gasteiger partial charge in [-0.15, -0.1) is 0 Å². The quantitative estimate of drug-likeness (QED) is 0.507. The van der Waals surface area contributed by atoms with Crippen LogP contribution in [-0.2, 0) is 21.4 Å². The summed E-state index contributed by atoms with van der Waals surface area (Å²) in [6.07, 6.45) is 3.12. The van der Waals surface area contributed by atoms with Crippen LogP contribution in [0, 0.1) is 5.92 Å². The van der Waals surface area contributed by atoms with Gasteiger partial charge in [-0.2, -0.15) is 4.31 Å². The summed E-state index contributed by atoms with van der Waals surface area (Å²) in [5.74, 6) is -1.16. The molecule has 2 aromatic rings. The van der Waals surface area contributed by atoms with Gasteiger partial charge in [0.05, 0.1) is 4.90 Å². The Morgan fingerprint density at radius 3 is 2.42 bits per heavy atom. The number of aromatic nitrogens is 1. The highest BCUT2D eigenvalue weighted by molar-refractivity contribution is 9.10. The third kappa shape index (κ3) is 4.67. The van der Waals surface area contributed by atoms with Crippen LogP contribution in [0.2, 0.25) is 0 Å². The molecule has 7 nitrogen and oxygen atoms in total. The summed E-state index contributed by atoms with van der Waals surface area (Å²) in [7, 11) is -4.00. The Morgan fingerprint density at radius 1 is 1.27 bits per heavy atom. The Labute approximate surface area is 161 Å². The Morgan fingerprint density at radius 2 is 1.92 bits per heavy atom. The predicted octanol–water partition coefficient (Wildman–Crippen LogP) is 2.57. The second kappa shape index (κ2) is 8.72. The highest BCUT2D eigenvalue weighted by atomic mass is 79.9. The molecule has 0 radical (unpaired) electrons. The van der Waals surface area contributed by atoms with E-state index in [2.05, 4.69) is 20.9 Å². The zero-order valence-corrected chi connectivity index (χ0v) is 16.7. The van der Waals surface area contributed by atoms with Crippen molar-refractivity contribution in [1.82, 2.24) is 14.8 Å². The van der Waals surface area contributed by atoms with Crippen LogP contribution in [0.1, 0.15) is 19.4 Å². The van der Waals surface area contributed by atoms with Gasteiger partial charge in [-0.3, -0.25) is 15.0 Å². The normalized spacial score (nSPS) is 13.0. The van der Waals surface area contributed by atoms with Crippen molar-refractivity contribution in [2.24, 2.45) is 5.92 Å². The number of hydrogen-bond acceptors (Lipinski definition) is 5. The van der Waals surface area contributed by atoms with Gasteiger partial charge in [-0.1, -0.05) is 35.8 Å². The number of benzene rings is 1. The number of hydroxylamine groups is 1. The first-order valence-corrected chi connectivity index (χ1v) is 10.1. The number of carbonyl (C=O) groups is 1. The molecule has 1 amide bonds. The first-order valence-electron chi connectivity index (χ1n) is 7.87. The van der Waals surface area contributed by atoms with E-state index in [-0.39, 0.29) is 17.4 Å². The van der Waals surface area contributed by atoms with Crippen molar-refractivity contribution < 1.29 is 18.4 Å². The molecule has 0 aliphatic carbocycles. The van der Waals surface area contributed by atoms with Crippen molar-refractivity contribution in [2.45, 2.75) is 31.3 Å². The summed E-state index contributed by atoms with van der Waals surface area (Å²) in [5, 5.41) is 9.10. The highest BCUT2D eigenvalue weighted by Gasteiger charge is 2.38. The Bertz CT molecular complexity index is 842. The van der Waals surface area contributed by atoms with Gasteiger partial charge in [0.2, 0.25) is 10.0 Å². The minimum Gasteiger partial charge on any atom is -0.289 e. The summed E-state index contributed by atoms with van der Waals surface area (Å²) in [6, 6.07) is 8.49. The molecule has 2 rings (SSSR count). The van der Waals surface area contributed by atoms with Crippen LogP contribution in [0.4, 0.5) is 0 Å². The molecule has 0 fully saturated rings. The molecule has 0 aliphatic rings. The minimum absolute atomic E-state index is 0.0531. The maximum atomic E-state index is 13.2. The van der Waals surface area contributed by atoms with E-state index in [1.807, 2.05) is 0 Å².